The Hall–Kier alpha value is 0.872. The molecule has 0 rings (SSSR count). The van der Waals surface area contributed by atoms with Crippen LogP contribution in [-0.2, 0) is 15.2 Å². The molecule has 0 aliphatic carbocycles. The third-order valence-corrected chi connectivity index (χ3v) is 3.98. The van der Waals surface area contributed by atoms with Crippen molar-refractivity contribution in [2.75, 3.05) is 0 Å². The molecule has 0 spiro atoms. The number of hydrogen-bond acceptors (Lipinski definition) is 6. The monoisotopic (exact) mass is 427 g/mol. The minimum absolute atomic E-state index is 0. The van der Waals surface area contributed by atoms with Crippen LogP contribution in [0.15, 0.2) is 0 Å². The summed E-state index contributed by atoms with van der Waals surface area (Å²) in [6.07, 6.45) is 19.9. The zero-order valence-corrected chi connectivity index (χ0v) is 20.7. The first-order valence-corrected chi connectivity index (χ1v) is 11.0. The van der Waals surface area contributed by atoms with E-state index in [1.807, 2.05) is 0 Å². The van der Waals surface area contributed by atoms with Crippen LogP contribution in [0, 0.1) is 0 Å². The molecule has 0 bridgehead atoms. The van der Waals surface area contributed by atoms with Crippen LogP contribution in [0.3, 0.4) is 0 Å². The van der Waals surface area contributed by atoms with Crippen LogP contribution in [-0.4, -0.2) is 69.6 Å². The predicted octanol–water partition coefficient (Wildman–Crippen LogP) is 2.90. The summed E-state index contributed by atoms with van der Waals surface area (Å²) in [4.78, 5) is 10.2. The molecule has 0 radical (unpaired) electrons. The number of carbonyl (C=O) groups excluding carboxylic acids is 1. The van der Waals surface area contributed by atoms with Gasteiger partial charge in [-0.15, -0.1) is 0 Å². The van der Waals surface area contributed by atoms with Crippen molar-refractivity contribution in [2.24, 2.45) is 0 Å². The van der Waals surface area contributed by atoms with Gasteiger partial charge in [-0.05, 0) is 12.8 Å². The van der Waals surface area contributed by atoms with Gasteiger partial charge in [0.15, 0.2) is 0 Å². The summed E-state index contributed by atoms with van der Waals surface area (Å²) in [6.45, 7) is 2.27. The Morgan fingerprint density at radius 3 is 1.07 bits per heavy atom. The first-order chi connectivity index (χ1) is 11.8. The van der Waals surface area contributed by atoms with Crippen molar-refractivity contribution in [2.45, 2.75) is 110 Å². The van der Waals surface area contributed by atoms with Crippen molar-refractivity contribution in [3.63, 3.8) is 0 Å². The summed E-state index contributed by atoms with van der Waals surface area (Å²) in [5, 5.41) is 10.2. The minimum Gasteiger partial charge on any atom is -0.759 e. The van der Waals surface area contributed by atoms with Gasteiger partial charge in [0, 0.05) is 16.4 Å². The molecule has 0 aromatic heterocycles. The maximum atomic E-state index is 10.2. The van der Waals surface area contributed by atoms with Gasteiger partial charge in [-0.25, -0.2) is 0 Å². The van der Waals surface area contributed by atoms with Crippen LogP contribution in [0.5, 0.6) is 0 Å². The average molecular weight is 428 g/mol. The van der Waals surface area contributed by atoms with E-state index in [-0.39, 0.29) is 52.5 Å². The van der Waals surface area contributed by atoms with Gasteiger partial charge < -0.3 is 19.0 Å². The molecule has 0 atom stereocenters. The molecule has 0 fully saturated rings. The number of hydrogen-bond donors (Lipinski definition) is 0. The third kappa shape index (κ3) is 52.0. The average Bonchev–Trinajstić information content (AvgIpc) is 2.49. The van der Waals surface area contributed by atoms with Crippen LogP contribution < -0.4 is 5.11 Å². The molecule has 0 aliphatic rings. The van der Waals surface area contributed by atoms with Gasteiger partial charge in [0.25, 0.3) is 0 Å². The van der Waals surface area contributed by atoms with Crippen molar-refractivity contribution in [3.05, 3.63) is 0 Å². The molecule has 0 heterocycles. The Labute approximate surface area is 198 Å². The summed E-state index contributed by atoms with van der Waals surface area (Å²) < 4.78 is 34.1. The second-order valence-corrected chi connectivity index (χ2v) is 7.30. The smallest absolute Gasteiger partial charge is 0.759 e. The van der Waals surface area contributed by atoms with E-state index in [9.17, 15) is 9.90 Å². The SMILES string of the molecule is CCCCCCCCCCCCCCCCCC(=O)[O-].O=S(=O)([O-])[O-].[Mg+2].[Mg+2]. The second kappa shape index (κ2) is 26.9. The molecule has 9 heteroatoms. The topological polar surface area (TPSA) is 120 Å². The van der Waals surface area contributed by atoms with E-state index in [0.717, 1.165) is 12.8 Å². The van der Waals surface area contributed by atoms with E-state index in [1.165, 1.54) is 83.5 Å². The van der Waals surface area contributed by atoms with Crippen molar-refractivity contribution in [3.8, 4) is 0 Å². The maximum absolute atomic E-state index is 10.2. The van der Waals surface area contributed by atoms with Crippen LogP contribution in [0.1, 0.15) is 110 Å². The number of unbranched alkanes of at least 4 members (excludes halogenated alkanes) is 14. The minimum atomic E-state index is -5.17. The van der Waals surface area contributed by atoms with Gasteiger partial charge in [-0.1, -0.05) is 96.8 Å². The number of carboxylic acids is 1. The van der Waals surface area contributed by atoms with Gasteiger partial charge in [-0.3, -0.25) is 8.42 Å². The summed E-state index contributed by atoms with van der Waals surface area (Å²) in [5.41, 5.74) is 0. The van der Waals surface area contributed by atoms with Crippen LogP contribution in [0.25, 0.3) is 0 Å². The Bertz CT molecular complexity index is 383. The molecule has 0 amide bonds. The summed E-state index contributed by atoms with van der Waals surface area (Å²) in [6, 6.07) is 0. The van der Waals surface area contributed by atoms with Crippen LogP contribution in [0.2, 0.25) is 0 Å². The van der Waals surface area contributed by atoms with Crippen molar-refractivity contribution in [1.82, 2.24) is 0 Å². The fourth-order valence-electron chi connectivity index (χ4n) is 2.64. The van der Waals surface area contributed by atoms with E-state index >= 15 is 0 Å². The van der Waals surface area contributed by atoms with Gasteiger partial charge >= 0.3 is 46.1 Å². The van der Waals surface area contributed by atoms with Gasteiger partial charge in [-0.2, -0.15) is 0 Å². The largest absolute Gasteiger partial charge is 2.00 e. The molecule has 0 aromatic rings. The molecule has 0 unspecified atom stereocenters. The standard InChI is InChI=1S/C18H36O2.2Mg.H2O4S/c1-2-3-4-5-6-7-8-9-10-11-12-13-14-15-16-17-18(19)20;;;1-5(2,3)4/h2-17H2,1H3,(H,19,20);;;(H2,1,2,3,4)/q;2*+2;/p-3. The summed E-state index contributed by atoms with van der Waals surface area (Å²) in [7, 11) is -5.17. The number of rotatable bonds is 16. The van der Waals surface area contributed by atoms with E-state index < -0.39 is 16.4 Å². The third-order valence-electron chi connectivity index (χ3n) is 3.98. The maximum Gasteiger partial charge on any atom is 2.00 e. The molecule has 0 aliphatic heterocycles. The van der Waals surface area contributed by atoms with Crippen LogP contribution in [0.4, 0.5) is 0 Å². The quantitative estimate of drug-likeness (QED) is 0.161. The summed E-state index contributed by atoms with van der Waals surface area (Å²) in [5.74, 6) is -0.903. The first kappa shape index (κ1) is 35.3. The molecule has 152 valence electrons. The zero-order chi connectivity index (χ0) is 19.4. The Morgan fingerprint density at radius 1 is 0.630 bits per heavy atom. The molecule has 27 heavy (non-hydrogen) atoms. The van der Waals surface area contributed by atoms with Gasteiger partial charge in [0.1, 0.15) is 0 Å². The van der Waals surface area contributed by atoms with Gasteiger partial charge in [0.2, 0.25) is 0 Å². The summed E-state index contributed by atoms with van der Waals surface area (Å²) >= 11 is 0. The van der Waals surface area contributed by atoms with Crippen LogP contribution >= 0.6 is 0 Å². The fourth-order valence-corrected chi connectivity index (χ4v) is 2.64. The van der Waals surface area contributed by atoms with E-state index in [1.54, 1.807) is 0 Å². The second-order valence-electron chi connectivity index (χ2n) is 6.48. The molecule has 6 nitrogen and oxygen atoms in total. The number of carbonyl (C=O) groups is 1. The predicted molar refractivity (Wildman–Crippen MR) is 107 cm³/mol. The van der Waals surface area contributed by atoms with Gasteiger partial charge in [0.05, 0.1) is 0 Å². The van der Waals surface area contributed by atoms with Crippen molar-refractivity contribution < 1.29 is 27.4 Å². The van der Waals surface area contributed by atoms with E-state index in [2.05, 4.69) is 6.92 Å². The Balaban J connectivity index is -0.000000333. The molecular formula is C18H35Mg2O6S+. The van der Waals surface area contributed by atoms with Crippen molar-refractivity contribution in [1.29, 1.82) is 0 Å². The molecule has 0 saturated heterocycles. The molecule has 0 saturated carbocycles. The Kier molecular flexibility index (Phi) is 35.2. The molecule has 0 aromatic carbocycles. The molecular weight excluding hydrogens is 393 g/mol. The van der Waals surface area contributed by atoms with E-state index in [0.29, 0.717) is 0 Å². The Morgan fingerprint density at radius 2 is 0.852 bits per heavy atom. The number of aliphatic carboxylic acids is 1. The van der Waals surface area contributed by atoms with Crippen molar-refractivity contribution >= 4 is 62.5 Å². The zero-order valence-electron chi connectivity index (χ0n) is 17.1. The molecule has 0 N–H and O–H groups in total. The first-order valence-electron chi connectivity index (χ1n) is 9.64. The van der Waals surface area contributed by atoms with E-state index in [4.69, 9.17) is 17.5 Å². The number of carboxylic acid groups (broad SMARTS) is 1. The normalized spacial score (nSPS) is 10.2. The fraction of sp³-hybridized carbons (Fsp3) is 0.944.